The highest BCUT2D eigenvalue weighted by atomic mass is 32.1. The Morgan fingerprint density at radius 1 is 0.931 bits per heavy atom. The summed E-state index contributed by atoms with van der Waals surface area (Å²) in [5, 5.41) is 9.30. The number of nitrogens with one attached hydrogen (secondary N) is 1. The van der Waals surface area contributed by atoms with Crippen LogP contribution in [0.25, 0.3) is 26.3 Å². The fourth-order valence-electron chi connectivity index (χ4n) is 3.28. The van der Waals surface area contributed by atoms with Gasteiger partial charge in [0.1, 0.15) is 5.69 Å². The number of nitrogens with zero attached hydrogens (tertiary/aromatic N) is 3. The SMILES string of the molecule is COc1ccc(Nc2ccc3ncc(-c4cc5ccccc5s4)n3n2)cc1OC. The lowest BCUT2D eigenvalue weighted by Gasteiger charge is -2.11. The van der Waals surface area contributed by atoms with Crippen molar-refractivity contribution in [2.45, 2.75) is 0 Å². The van der Waals surface area contributed by atoms with Gasteiger partial charge in [0.15, 0.2) is 23.0 Å². The topological polar surface area (TPSA) is 60.7 Å². The fraction of sp³-hybridized carbons (Fsp3) is 0.0909. The van der Waals surface area contributed by atoms with Gasteiger partial charge in [0.2, 0.25) is 0 Å². The number of hydrogen-bond acceptors (Lipinski definition) is 6. The molecule has 0 bridgehead atoms. The molecule has 5 aromatic rings. The van der Waals surface area contributed by atoms with Gasteiger partial charge in [-0.3, -0.25) is 0 Å². The Morgan fingerprint density at radius 2 is 1.79 bits per heavy atom. The Balaban J connectivity index is 1.52. The molecule has 0 aliphatic heterocycles. The fourth-order valence-corrected chi connectivity index (χ4v) is 4.34. The lowest BCUT2D eigenvalue weighted by Crippen LogP contribution is -2.00. The monoisotopic (exact) mass is 402 g/mol. The Morgan fingerprint density at radius 3 is 2.62 bits per heavy atom. The minimum atomic E-state index is 0.659. The van der Waals surface area contributed by atoms with Crippen LogP contribution in [0.2, 0.25) is 0 Å². The van der Waals surface area contributed by atoms with Crippen LogP contribution in [0.1, 0.15) is 0 Å². The molecule has 1 N–H and O–H groups in total. The van der Waals surface area contributed by atoms with Crippen molar-refractivity contribution in [3.05, 3.63) is 66.9 Å². The molecule has 7 heteroatoms. The molecule has 3 heterocycles. The summed E-state index contributed by atoms with van der Waals surface area (Å²) in [6, 6.07) is 20.1. The number of thiophene rings is 1. The van der Waals surface area contributed by atoms with Crippen LogP contribution in [-0.4, -0.2) is 28.8 Å². The molecule has 3 aromatic heterocycles. The molecular weight excluding hydrogens is 384 g/mol. The third-order valence-electron chi connectivity index (χ3n) is 4.70. The normalized spacial score (nSPS) is 11.1. The average Bonchev–Trinajstić information content (AvgIpc) is 3.37. The zero-order valence-electron chi connectivity index (χ0n) is 15.9. The van der Waals surface area contributed by atoms with Crippen LogP contribution in [0.15, 0.2) is 66.9 Å². The molecule has 0 saturated carbocycles. The molecule has 5 rings (SSSR count). The average molecular weight is 402 g/mol. The summed E-state index contributed by atoms with van der Waals surface area (Å²) in [7, 11) is 3.24. The predicted molar refractivity (Wildman–Crippen MR) is 117 cm³/mol. The van der Waals surface area contributed by atoms with E-state index in [1.54, 1.807) is 25.6 Å². The minimum absolute atomic E-state index is 0.659. The van der Waals surface area contributed by atoms with E-state index in [1.165, 1.54) is 10.1 Å². The second-order valence-electron chi connectivity index (χ2n) is 6.48. The van der Waals surface area contributed by atoms with E-state index < -0.39 is 0 Å². The van der Waals surface area contributed by atoms with E-state index in [9.17, 15) is 0 Å². The summed E-state index contributed by atoms with van der Waals surface area (Å²) >= 11 is 1.74. The van der Waals surface area contributed by atoms with E-state index >= 15 is 0 Å². The molecule has 0 unspecified atom stereocenters. The predicted octanol–water partition coefficient (Wildman–Crippen LogP) is 5.37. The number of hydrogen-bond donors (Lipinski definition) is 1. The second-order valence-corrected chi connectivity index (χ2v) is 7.56. The highest BCUT2D eigenvalue weighted by Gasteiger charge is 2.12. The van der Waals surface area contributed by atoms with E-state index in [-0.39, 0.29) is 0 Å². The number of fused-ring (bicyclic) bond motifs is 2. The highest BCUT2D eigenvalue weighted by Crippen LogP contribution is 2.34. The molecule has 6 nitrogen and oxygen atoms in total. The second kappa shape index (κ2) is 7.10. The number of ether oxygens (including phenoxy) is 2. The first-order valence-corrected chi connectivity index (χ1v) is 9.89. The van der Waals surface area contributed by atoms with Gasteiger partial charge in [-0.15, -0.1) is 16.4 Å². The lowest BCUT2D eigenvalue weighted by atomic mass is 10.2. The number of aromatic nitrogens is 3. The Labute approximate surface area is 171 Å². The number of anilines is 2. The summed E-state index contributed by atoms with van der Waals surface area (Å²) < 4.78 is 13.8. The summed E-state index contributed by atoms with van der Waals surface area (Å²) in [5.74, 6) is 2.06. The Hall–Kier alpha value is -3.58. The van der Waals surface area contributed by atoms with E-state index in [2.05, 4.69) is 40.6 Å². The van der Waals surface area contributed by atoms with Gasteiger partial charge in [-0.05, 0) is 41.8 Å². The summed E-state index contributed by atoms with van der Waals surface area (Å²) in [5.41, 5.74) is 2.63. The van der Waals surface area contributed by atoms with Crippen LogP contribution >= 0.6 is 11.3 Å². The van der Waals surface area contributed by atoms with Gasteiger partial charge >= 0.3 is 0 Å². The third kappa shape index (κ3) is 3.15. The van der Waals surface area contributed by atoms with E-state index in [4.69, 9.17) is 14.6 Å². The van der Waals surface area contributed by atoms with Crippen molar-refractivity contribution in [1.29, 1.82) is 0 Å². The molecule has 0 aliphatic rings. The number of rotatable bonds is 5. The molecule has 0 aliphatic carbocycles. The maximum atomic E-state index is 5.38. The summed E-state index contributed by atoms with van der Waals surface area (Å²) in [6.45, 7) is 0. The largest absolute Gasteiger partial charge is 0.493 e. The van der Waals surface area contributed by atoms with E-state index in [0.29, 0.717) is 17.3 Å². The van der Waals surface area contributed by atoms with Gasteiger partial charge < -0.3 is 14.8 Å². The lowest BCUT2D eigenvalue weighted by molar-refractivity contribution is 0.355. The molecule has 29 heavy (non-hydrogen) atoms. The van der Waals surface area contributed by atoms with Crippen molar-refractivity contribution in [3.8, 4) is 22.1 Å². The number of benzene rings is 2. The van der Waals surface area contributed by atoms with Crippen molar-refractivity contribution in [2.24, 2.45) is 0 Å². The van der Waals surface area contributed by atoms with Crippen molar-refractivity contribution in [1.82, 2.24) is 14.6 Å². The maximum Gasteiger partial charge on any atom is 0.162 e. The molecule has 0 radical (unpaired) electrons. The van der Waals surface area contributed by atoms with Crippen molar-refractivity contribution >= 4 is 38.6 Å². The molecule has 0 amide bonds. The van der Waals surface area contributed by atoms with Crippen LogP contribution in [0.3, 0.4) is 0 Å². The molecule has 144 valence electrons. The Kier molecular flexibility index (Phi) is 4.29. The summed E-state index contributed by atoms with van der Waals surface area (Å²) in [6.07, 6.45) is 1.87. The zero-order chi connectivity index (χ0) is 19.8. The summed E-state index contributed by atoms with van der Waals surface area (Å²) in [4.78, 5) is 5.64. The van der Waals surface area contributed by atoms with Crippen LogP contribution < -0.4 is 14.8 Å². The molecule has 0 saturated heterocycles. The zero-order valence-corrected chi connectivity index (χ0v) is 16.7. The van der Waals surface area contributed by atoms with Gasteiger partial charge in [0.05, 0.1) is 25.3 Å². The molecule has 0 atom stereocenters. The van der Waals surface area contributed by atoms with Crippen LogP contribution in [0.4, 0.5) is 11.5 Å². The maximum absolute atomic E-state index is 5.38. The van der Waals surface area contributed by atoms with E-state index in [1.807, 2.05) is 41.0 Å². The Bertz CT molecular complexity index is 1290. The van der Waals surface area contributed by atoms with Crippen LogP contribution in [0.5, 0.6) is 11.5 Å². The molecule has 0 spiro atoms. The number of methoxy groups -OCH3 is 2. The standard InChI is InChI=1S/C22H18N4O2S/c1-27-17-8-7-15(12-18(17)28-2)24-21-9-10-22-23-13-16(26(22)25-21)20-11-14-5-3-4-6-19(14)29-20/h3-13H,1-2H3,(H,24,25). The van der Waals surface area contributed by atoms with E-state index in [0.717, 1.165) is 21.9 Å². The van der Waals surface area contributed by atoms with Gasteiger partial charge in [-0.2, -0.15) is 0 Å². The highest BCUT2D eigenvalue weighted by molar-refractivity contribution is 7.22. The van der Waals surface area contributed by atoms with Crippen LogP contribution in [0, 0.1) is 0 Å². The smallest absolute Gasteiger partial charge is 0.162 e. The van der Waals surface area contributed by atoms with Crippen molar-refractivity contribution in [2.75, 3.05) is 19.5 Å². The molecule has 2 aromatic carbocycles. The quantitative estimate of drug-likeness (QED) is 0.428. The third-order valence-corrected chi connectivity index (χ3v) is 5.83. The first-order chi connectivity index (χ1) is 14.2. The molecule has 0 fully saturated rings. The molecular formula is C22H18N4O2S. The van der Waals surface area contributed by atoms with Crippen LogP contribution in [-0.2, 0) is 0 Å². The van der Waals surface area contributed by atoms with Crippen molar-refractivity contribution < 1.29 is 9.47 Å². The van der Waals surface area contributed by atoms with Gasteiger partial charge in [-0.1, -0.05) is 18.2 Å². The first-order valence-electron chi connectivity index (χ1n) is 9.08. The number of imidazole rings is 1. The minimum Gasteiger partial charge on any atom is -0.493 e. The van der Waals surface area contributed by atoms with Gasteiger partial charge in [0, 0.05) is 16.5 Å². The first kappa shape index (κ1) is 17.5. The van der Waals surface area contributed by atoms with Crippen molar-refractivity contribution in [3.63, 3.8) is 0 Å². The van der Waals surface area contributed by atoms with Gasteiger partial charge in [0.25, 0.3) is 0 Å². The van der Waals surface area contributed by atoms with Gasteiger partial charge in [-0.25, -0.2) is 9.50 Å².